The van der Waals surface area contributed by atoms with Crippen molar-refractivity contribution >= 4 is 10.0 Å². The molecule has 1 atom stereocenters. The van der Waals surface area contributed by atoms with Gasteiger partial charge >= 0.3 is 0 Å². The first-order valence-electron chi connectivity index (χ1n) is 3.58. The average molecular weight is 199 g/mol. The molecule has 0 aliphatic carbocycles. The van der Waals surface area contributed by atoms with Crippen LogP contribution in [0, 0.1) is 0 Å². The molecule has 0 saturated heterocycles. The van der Waals surface area contributed by atoms with E-state index in [2.05, 4.69) is 4.72 Å². The van der Waals surface area contributed by atoms with Gasteiger partial charge in [0, 0.05) is 6.54 Å². The number of halogens is 1. The summed E-state index contributed by atoms with van der Waals surface area (Å²) in [6, 6.07) is 0. The molecule has 0 aliphatic rings. The number of hydrogen-bond acceptors (Lipinski definition) is 3. The molecule has 74 valence electrons. The van der Waals surface area contributed by atoms with Crippen LogP contribution >= 0.6 is 0 Å². The smallest absolute Gasteiger partial charge is 0.208 e. The van der Waals surface area contributed by atoms with Crippen molar-refractivity contribution in [2.24, 2.45) is 0 Å². The van der Waals surface area contributed by atoms with Gasteiger partial charge < -0.3 is 4.74 Å². The Morgan fingerprint density at radius 1 is 1.58 bits per heavy atom. The van der Waals surface area contributed by atoms with Crippen molar-refractivity contribution in [2.75, 3.05) is 26.1 Å². The predicted molar refractivity (Wildman–Crippen MR) is 44.2 cm³/mol. The summed E-state index contributed by atoms with van der Waals surface area (Å²) in [5.41, 5.74) is 0. The minimum absolute atomic E-state index is 0.184. The highest BCUT2D eigenvalue weighted by Crippen LogP contribution is 1.89. The highest BCUT2D eigenvalue weighted by Gasteiger charge is 2.02. The van der Waals surface area contributed by atoms with Crippen molar-refractivity contribution in [3.05, 3.63) is 0 Å². The predicted octanol–water partition coefficient (Wildman–Crippen LogP) is -0.0898. The highest BCUT2D eigenvalue weighted by atomic mass is 32.2. The lowest BCUT2D eigenvalue weighted by Gasteiger charge is -2.08. The van der Waals surface area contributed by atoms with E-state index in [1.54, 1.807) is 6.92 Å². The van der Waals surface area contributed by atoms with Crippen LogP contribution in [0.3, 0.4) is 0 Å². The van der Waals surface area contributed by atoms with Crippen LogP contribution in [-0.2, 0) is 14.8 Å². The third-order valence-electron chi connectivity index (χ3n) is 1.09. The highest BCUT2D eigenvalue weighted by molar-refractivity contribution is 7.88. The minimum Gasteiger partial charge on any atom is -0.374 e. The maximum absolute atomic E-state index is 11.8. The van der Waals surface area contributed by atoms with Crippen molar-refractivity contribution in [2.45, 2.75) is 13.0 Å². The van der Waals surface area contributed by atoms with Crippen LogP contribution in [0.25, 0.3) is 0 Å². The van der Waals surface area contributed by atoms with Crippen molar-refractivity contribution in [1.29, 1.82) is 0 Å². The second-order valence-electron chi connectivity index (χ2n) is 2.50. The topological polar surface area (TPSA) is 55.4 Å². The summed E-state index contributed by atoms with van der Waals surface area (Å²) in [4.78, 5) is 0. The molecular formula is C6H14FNO3S. The van der Waals surface area contributed by atoms with Crippen LogP contribution in [0.2, 0.25) is 0 Å². The van der Waals surface area contributed by atoms with Crippen molar-refractivity contribution in [3.8, 4) is 0 Å². The molecule has 0 saturated carbocycles. The summed E-state index contributed by atoms with van der Waals surface area (Å²) in [6.45, 7) is 1.40. The minimum atomic E-state index is -3.15. The number of alkyl halides is 1. The molecule has 12 heavy (non-hydrogen) atoms. The molecule has 6 heteroatoms. The van der Waals surface area contributed by atoms with Gasteiger partial charge in [-0.25, -0.2) is 17.5 Å². The van der Waals surface area contributed by atoms with Crippen molar-refractivity contribution in [1.82, 2.24) is 4.72 Å². The molecule has 0 fully saturated rings. The van der Waals surface area contributed by atoms with Gasteiger partial charge in [-0.3, -0.25) is 0 Å². The monoisotopic (exact) mass is 199 g/mol. The quantitative estimate of drug-likeness (QED) is 0.608. The number of sulfonamides is 1. The fraction of sp³-hybridized carbons (Fsp3) is 1.00. The Morgan fingerprint density at radius 3 is 2.58 bits per heavy atom. The van der Waals surface area contributed by atoms with Crippen LogP contribution in [0.15, 0.2) is 0 Å². The molecule has 0 rings (SSSR count). The van der Waals surface area contributed by atoms with Gasteiger partial charge in [-0.05, 0) is 6.92 Å². The molecule has 1 N–H and O–H groups in total. The zero-order chi connectivity index (χ0) is 9.61. The molecule has 0 heterocycles. The maximum atomic E-state index is 11.8. The molecule has 0 aromatic heterocycles. The summed E-state index contributed by atoms with van der Waals surface area (Å²) in [5, 5.41) is 0. The lowest BCUT2D eigenvalue weighted by atomic mass is 10.4. The van der Waals surface area contributed by atoms with Gasteiger partial charge in [0.15, 0.2) is 0 Å². The molecule has 0 spiro atoms. The summed E-state index contributed by atoms with van der Waals surface area (Å²) < 4.78 is 39.9. The third kappa shape index (κ3) is 7.90. The Hall–Kier alpha value is -0.200. The van der Waals surface area contributed by atoms with Gasteiger partial charge in [-0.1, -0.05) is 0 Å². The van der Waals surface area contributed by atoms with E-state index in [1.165, 1.54) is 0 Å². The average Bonchev–Trinajstić information content (AvgIpc) is 1.96. The maximum Gasteiger partial charge on any atom is 0.208 e. The molecular weight excluding hydrogens is 185 g/mol. The lowest BCUT2D eigenvalue weighted by molar-refractivity contribution is 0.0524. The molecule has 1 unspecified atom stereocenters. The Bertz CT molecular complexity index is 205. The van der Waals surface area contributed by atoms with E-state index in [9.17, 15) is 12.8 Å². The third-order valence-corrected chi connectivity index (χ3v) is 1.81. The Kier molecular flexibility index (Phi) is 5.36. The first-order valence-corrected chi connectivity index (χ1v) is 5.47. The molecule has 0 amide bonds. The van der Waals surface area contributed by atoms with Gasteiger partial charge in [0.2, 0.25) is 10.0 Å². The second-order valence-corrected chi connectivity index (χ2v) is 4.34. The summed E-state index contributed by atoms with van der Waals surface area (Å²) in [5.74, 6) is 0. The normalized spacial score (nSPS) is 14.6. The summed E-state index contributed by atoms with van der Waals surface area (Å²) in [6.07, 6.45) is 0.595. The zero-order valence-corrected chi connectivity index (χ0v) is 8.03. The summed E-state index contributed by atoms with van der Waals surface area (Å²) >= 11 is 0. The van der Waals surface area contributed by atoms with E-state index in [0.29, 0.717) is 0 Å². The Balaban J connectivity index is 3.34. The van der Waals surface area contributed by atoms with E-state index in [0.717, 1.165) is 6.26 Å². The van der Waals surface area contributed by atoms with Crippen LogP contribution in [0.5, 0.6) is 0 Å². The fourth-order valence-corrected chi connectivity index (χ4v) is 0.986. The molecule has 0 aromatic rings. The zero-order valence-electron chi connectivity index (χ0n) is 7.21. The van der Waals surface area contributed by atoms with Crippen LogP contribution in [-0.4, -0.2) is 40.6 Å². The van der Waals surface area contributed by atoms with Crippen LogP contribution in [0.1, 0.15) is 6.92 Å². The van der Waals surface area contributed by atoms with Gasteiger partial charge in [0.25, 0.3) is 0 Å². The van der Waals surface area contributed by atoms with E-state index in [4.69, 9.17) is 4.74 Å². The van der Waals surface area contributed by atoms with Gasteiger partial charge in [0.1, 0.15) is 6.67 Å². The largest absolute Gasteiger partial charge is 0.374 e. The lowest BCUT2D eigenvalue weighted by Crippen LogP contribution is -2.27. The van der Waals surface area contributed by atoms with Crippen LogP contribution in [0.4, 0.5) is 4.39 Å². The Morgan fingerprint density at radius 2 is 2.17 bits per heavy atom. The van der Waals surface area contributed by atoms with Crippen molar-refractivity contribution < 1.29 is 17.5 Å². The number of nitrogens with one attached hydrogen (secondary N) is 1. The van der Waals surface area contributed by atoms with Gasteiger partial charge in [-0.15, -0.1) is 0 Å². The van der Waals surface area contributed by atoms with Gasteiger partial charge in [-0.2, -0.15) is 0 Å². The van der Waals surface area contributed by atoms with Crippen LogP contribution < -0.4 is 4.72 Å². The van der Waals surface area contributed by atoms with E-state index >= 15 is 0 Å². The molecule has 0 aliphatic heterocycles. The first-order chi connectivity index (χ1) is 5.45. The van der Waals surface area contributed by atoms with E-state index < -0.39 is 22.8 Å². The molecule has 4 nitrogen and oxygen atoms in total. The number of ether oxygens (including phenoxy) is 1. The number of hydrogen-bond donors (Lipinski definition) is 1. The van der Waals surface area contributed by atoms with E-state index in [1.807, 2.05) is 0 Å². The van der Waals surface area contributed by atoms with E-state index in [-0.39, 0.29) is 13.2 Å². The second kappa shape index (κ2) is 5.45. The standard InChI is InChI=1S/C6H14FNO3S/c1-6(5-7)11-4-3-8-12(2,9)10/h6,8H,3-5H2,1-2H3. The molecule has 0 aromatic carbocycles. The van der Waals surface area contributed by atoms with Crippen molar-refractivity contribution in [3.63, 3.8) is 0 Å². The molecule has 0 radical (unpaired) electrons. The molecule has 0 bridgehead atoms. The number of rotatable bonds is 6. The first kappa shape index (κ1) is 11.8. The fourth-order valence-electron chi connectivity index (χ4n) is 0.532. The summed E-state index contributed by atoms with van der Waals surface area (Å²) in [7, 11) is -3.15. The Labute approximate surface area is 72.2 Å². The SMILES string of the molecule is CC(CF)OCCNS(C)(=O)=O. The van der Waals surface area contributed by atoms with Gasteiger partial charge in [0.05, 0.1) is 19.0 Å².